The summed E-state index contributed by atoms with van der Waals surface area (Å²) in [5.41, 5.74) is 1.26. The summed E-state index contributed by atoms with van der Waals surface area (Å²) in [6.45, 7) is 2.31. The van der Waals surface area contributed by atoms with E-state index in [-0.39, 0.29) is 17.9 Å². The second kappa shape index (κ2) is 10.1. The number of anilines is 1. The van der Waals surface area contributed by atoms with Gasteiger partial charge in [0.15, 0.2) is 0 Å². The summed E-state index contributed by atoms with van der Waals surface area (Å²) in [6.07, 6.45) is 5.45. The Morgan fingerprint density at radius 2 is 1.83 bits per heavy atom. The van der Waals surface area contributed by atoms with E-state index >= 15 is 0 Å². The quantitative estimate of drug-likeness (QED) is 0.549. The molecule has 0 heterocycles. The largest absolute Gasteiger partial charge is 0.493 e. The first-order valence-electron chi connectivity index (χ1n) is 9.82. The standard InChI is InChI=1S/C22H24BrClN2O3/c1-2-29-20-11-8-14(23)12-18(20)22(28)26-16-9-10-19(24)17(13-16)21(27)25-15-6-4-3-5-7-15/h8-13,15H,2-7H2,1H3,(H,25,27)(H,26,28). The van der Waals surface area contributed by atoms with Crippen molar-refractivity contribution in [1.82, 2.24) is 5.32 Å². The summed E-state index contributed by atoms with van der Waals surface area (Å²) in [5.74, 6) is -0.0383. The predicted molar refractivity (Wildman–Crippen MR) is 119 cm³/mol. The fourth-order valence-corrected chi connectivity index (χ4v) is 4.01. The summed E-state index contributed by atoms with van der Waals surface area (Å²) in [7, 11) is 0. The second-order valence-corrected chi connectivity index (χ2v) is 8.35. The lowest BCUT2D eigenvalue weighted by Crippen LogP contribution is -2.36. The van der Waals surface area contributed by atoms with E-state index in [9.17, 15) is 9.59 Å². The maximum Gasteiger partial charge on any atom is 0.259 e. The molecule has 1 saturated carbocycles. The van der Waals surface area contributed by atoms with Crippen molar-refractivity contribution in [1.29, 1.82) is 0 Å². The maximum absolute atomic E-state index is 12.8. The normalized spacial score (nSPS) is 14.3. The zero-order valence-corrected chi connectivity index (χ0v) is 18.6. The molecule has 7 heteroatoms. The highest BCUT2D eigenvalue weighted by atomic mass is 79.9. The molecule has 29 heavy (non-hydrogen) atoms. The van der Waals surface area contributed by atoms with Crippen molar-refractivity contribution in [2.24, 2.45) is 0 Å². The third-order valence-electron chi connectivity index (χ3n) is 4.90. The van der Waals surface area contributed by atoms with E-state index < -0.39 is 0 Å². The van der Waals surface area contributed by atoms with Crippen LogP contribution in [0.1, 0.15) is 59.7 Å². The summed E-state index contributed by atoms with van der Waals surface area (Å²) in [6, 6.07) is 10.4. The van der Waals surface area contributed by atoms with Crippen LogP contribution in [0.2, 0.25) is 5.02 Å². The molecule has 0 saturated heterocycles. The minimum Gasteiger partial charge on any atom is -0.493 e. The van der Waals surface area contributed by atoms with Gasteiger partial charge in [0.1, 0.15) is 5.75 Å². The van der Waals surface area contributed by atoms with Gasteiger partial charge in [0.05, 0.1) is 22.8 Å². The molecule has 1 aliphatic carbocycles. The Morgan fingerprint density at radius 1 is 1.07 bits per heavy atom. The molecule has 2 aromatic rings. The molecule has 0 atom stereocenters. The molecule has 0 unspecified atom stereocenters. The number of rotatable bonds is 6. The fourth-order valence-electron chi connectivity index (χ4n) is 3.45. The number of halogens is 2. The summed E-state index contributed by atoms with van der Waals surface area (Å²) >= 11 is 9.63. The number of carbonyl (C=O) groups is 2. The molecule has 0 spiro atoms. The zero-order valence-electron chi connectivity index (χ0n) is 16.3. The predicted octanol–water partition coefficient (Wildman–Crippen LogP) is 5.82. The monoisotopic (exact) mass is 478 g/mol. The molecule has 2 aromatic carbocycles. The number of benzene rings is 2. The number of ether oxygens (including phenoxy) is 1. The smallest absolute Gasteiger partial charge is 0.259 e. The van der Waals surface area contributed by atoms with Crippen LogP contribution in [0.3, 0.4) is 0 Å². The molecule has 0 aromatic heterocycles. The molecule has 1 fully saturated rings. The first kappa shape index (κ1) is 21.7. The minimum atomic E-state index is -0.323. The van der Waals surface area contributed by atoms with E-state index in [1.165, 1.54) is 6.42 Å². The van der Waals surface area contributed by atoms with Crippen molar-refractivity contribution in [3.05, 3.63) is 57.0 Å². The van der Waals surface area contributed by atoms with Crippen LogP contribution in [-0.2, 0) is 0 Å². The van der Waals surface area contributed by atoms with Crippen molar-refractivity contribution in [2.75, 3.05) is 11.9 Å². The van der Waals surface area contributed by atoms with Crippen LogP contribution in [0.4, 0.5) is 5.69 Å². The van der Waals surface area contributed by atoms with E-state index in [0.717, 1.165) is 30.2 Å². The Bertz CT molecular complexity index is 898. The van der Waals surface area contributed by atoms with Gasteiger partial charge in [0.2, 0.25) is 0 Å². The average Bonchev–Trinajstić information content (AvgIpc) is 2.71. The van der Waals surface area contributed by atoms with Crippen LogP contribution in [-0.4, -0.2) is 24.5 Å². The molecule has 1 aliphatic rings. The van der Waals surface area contributed by atoms with Crippen LogP contribution >= 0.6 is 27.5 Å². The van der Waals surface area contributed by atoms with Gasteiger partial charge in [-0.3, -0.25) is 9.59 Å². The molecule has 0 aliphatic heterocycles. The van der Waals surface area contributed by atoms with Crippen molar-refractivity contribution in [2.45, 2.75) is 45.1 Å². The molecular weight excluding hydrogens is 456 g/mol. The Kier molecular flexibility index (Phi) is 7.56. The van der Waals surface area contributed by atoms with E-state index in [0.29, 0.717) is 34.2 Å². The van der Waals surface area contributed by atoms with Gasteiger partial charge in [-0.1, -0.05) is 46.8 Å². The third-order valence-corrected chi connectivity index (χ3v) is 5.72. The maximum atomic E-state index is 12.8. The molecule has 3 rings (SSSR count). The van der Waals surface area contributed by atoms with Gasteiger partial charge in [-0.25, -0.2) is 0 Å². The van der Waals surface area contributed by atoms with Crippen LogP contribution in [0, 0.1) is 0 Å². The number of carbonyl (C=O) groups excluding carboxylic acids is 2. The van der Waals surface area contributed by atoms with Gasteiger partial charge >= 0.3 is 0 Å². The summed E-state index contributed by atoms with van der Waals surface area (Å²) in [5, 5.41) is 6.25. The molecule has 0 radical (unpaired) electrons. The SMILES string of the molecule is CCOc1ccc(Br)cc1C(=O)Nc1ccc(Cl)c(C(=O)NC2CCCCC2)c1. The van der Waals surface area contributed by atoms with E-state index in [2.05, 4.69) is 26.6 Å². The van der Waals surface area contributed by atoms with Gasteiger partial charge in [0.25, 0.3) is 11.8 Å². The molecular formula is C22H24BrClN2O3. The molecule has 5 nitrogen and oxygen atoms in total. The number of hydrogen-bond donors (Lipinski definition) is 2. The van der Waals surface area contributed by atoms with Gasteiger partial charge in [0, 0.05) is 16.2 Å². The minimum absolute atomic E-state index is 0.181. The third kappa shape index (κ3) is 5.73. The van der Waals surface area contributed by atoms with Crippen LogP contribution in [0.5, 0.6) is 5.75 Å². The highest BCUT2D eigenvalue weighted by Gasteiger charge is 2.20. The molecule has 0 bridgehead atoms. The van der Waals surface area contributed by atoms with Crippen molar-refractivity contribution in [3.8, 4) is 5.75 Å². The highest BCUT2D eigenvalue weighted by Crippen LogP contribution is 2.26. The fraction of sp³-hybridized carbons (Fsp3) is 0.364. The van der Waals surface area contributed by atoms with E-state index in [4.69, 9.17) is 16.3 Å². The van der Waals surface area contributed by atoms with Crippen LogP contribution < -0.4 is 15.4 Å². The van der Waals surface area contributed by atoms with Crippen LogP contribution in [0.15, 0.2) is 40.9 Å². The number of nitrogens with one attached hydrogen (secondary N) is 2. The average molecular weight is 480 g/mol. The van der Waals surface area contributed by atoms with Gasteiger partial charge in [-0.15, -0.1) is 0 Å². The van der Waals surface area contributed by atoms with Crippen molar-refractivity contribution in [3.63, 3.8) is 0 Å². The number of hydrogen-bond acceptors (Lipinski definition) is 3. The lowest BCUT2D eigenvalue weighted by molar-refractivity contribution is 0.0926. The molecule has 2 amide bonds. The second-order valence-electron chi connectivity index (χ2n) is 7.03. The Hall–Kier alpha value is -2.05. The summed E-state index contributed by atoms with van der Waals surface area (Å²) in [4.78, 5) is 25.5. The van der Waals surface area contributed by atoms with Gasteiger partial charge < -0.3 is 15.4 Å². The van der Waals surface area contributed by atoms with E-state index in [1.807, 2.05) is 13.0 Å². The lowest BCUT2D eigenvalue weighted by Gasteiger charge is -2.23. The van der Waals surface area contributed by atoms with Gasteiger partial charge in [-0.2, -0.15) is 0 Å². The van der Waals surface area contributed by atoms with Crippen molar-refractivity contribution >= 4 is 45.0 Å². The van der Waals surface area contributed by atoms with E-state index in [1.54, 1.807) is 30.3 Å². The Labute approximate surface area is 184 Å². The van der Waals surface area contributed by atoms with Crippen LogP contribution in [0.25, 0.3) is 0 Å². The topological polar surface area (TPSA) is 67.4 Å². The van der Waals surface area contributed by atoms with Gasteiger partial charge in [-0.05, 0) is 56.2 Å². The molecule has 2 N–H and O–H groups in total. The first-order valence-corrected chi connectivity index (χ1v) is 11.0. The zero-order chi connectivity index (χ0) is 20.8. The highest BCUT2D eigenvalue weighted by molar-refractivity contribution is 9.10. The lowest BCUT2D eigenvalue weighted by atomic mass is 9.95. The Morgan fingerprint density at radius 3 is 2.55 bits per heavy atom. The first-order chi connectivity index (χ1) is 14.0. The van der Waals surface area contributed by atoms with Crippen molar-refractivity contribution < 1.29 is 14.3 Å². The Balaban J connectivity index is 1.76. The molecule has 154 valence electrons. The summed E-state index contributed by atoms with van der Waals surface area (Å²) < 4.78 is 6.32. The number of amides is 2.